The molecule has 0 bridgehead atoms. The van der Waals surface area contributed by atoms with Crippen LogP contribution in [0.2, 0.25) is 0 Å². The van der Waals surface area contributed by atoms with Gasteiger partial charge in [0.2, 0.25) is 0 Å². The van der Waals surface area contributed by atoms with Crippen molar-refractivity contribution in [3.63, 3.8) is 0 Å². The molecule has 1 aromatic rings. The summed E-state index contributed by atoms with van der Waals surface area (Å²) in [4.78, 5) is 3.55. The molecule has 0 aliphatic rings. The first kappa shape index (κ1) is 9.77. The average Bonchev–Trinajstić information content (AvgIpc) is 2.04. The molecule has 0 aromatic heterocycles. The summed E-state index contributed by atoms with van der Waals surface area (Å²) in [5, 5.41) is 0. The molecule has 0 amide bonds. The van der Waals surface area contributed by atoms with Crippen LogP contribution in [0, 0.1) is 5.82 Å². The van der Waals surface area contributed by atoms with Gasteiger partial charge in [0.1, 0.15) is 5.82 Å². The summed E-state index contributed by atoms with van der Waals surface area (Å²) in [5.41, 5.74) is -0.108. The molecular weight excluding hydrogens is 179 g/mol. The van der Waals surface area contributed by atoms with Gasteiger partial charge in [-0.1, -0.05) is 6.07 Å². The van der Waals surface area contributed by atoms with Crippen molar-refractivity contribution in [1.82, 2.24) is 0 Å². The molecule has 70 valence electrons. The maximum atomic E-state index is 12.6. The number of alkyl halides is 2. The fourth-order valence-electron chi connectivity index (χ4n) is 0.798. The van der Waals surface area contributed by atoms with E-state index in [1.54, 1.807) is 0 Å². The Morgan fingerprint density at radius 2 is 2.08 bits per heavy atom. The molecule has 0 fully saturated rings. The van der Waals surface area contributed by atoms with E-state index in [1.165, 1.54) is 25.1 Å². The Morgan fingerprint density at radius 1 is 1.38 bits per heavy atom. The molecular formula is C9H8F3N. The Kier molecular flexibility index (Phi) is 3.06. The zero-order chi connectivity index (χ0) is 9.84. The lowest BCUT2D eigenvalue weighted by Crippen LogP contribution is -2.03. The number of rotatable bonds is 2. The highest BCUT2D eigenvalue weighted by Crippen LogP contribution is 2.14. The van der Waals surface area contributed by atoms with E-state index < -0.39 is 12.2 Å². The zero-order valence-electron chi connectivity index (χ0n) is 6.97. The van der Waals surface area contributed by atoms with Crippen LogP contribution in [0.25, 0.3) is 0 Å². The van der Waals surface area contributed by atoms with E-state index in [4.69, 9.17) is 0 Å². The van der Waals surface area contributed by atoms with Gasteiger partial charge in [-0.2, -0.15) is 0 Å². The number of hydrogen-bond donors (Lipinski definition) is 0. The molecule has 0 atom stereocenters. The van der Waals surface area contributed by atoms with Crippen LogP contribution >= 0.6 is 0 Å². The fourth-order valence-corrected chi connectivity index (χ4v) is 0.798. The SMILES string of the molecule is C/C(=N\c1cccc(F)c1)C(F)F. The lowest BCUT2D eigenvalue weighted by molar-refractivity contribution is 0.225. The second kappa shape index (κ2) is 4.07. The smallest absolute Gasteiger partial charge is 0.252 e. The van der Waals surface area contributed by atoms with Crippen LogP contribution in [0.4, 0.5) is 18.9 Å². The van der Waals surface area contributed by atoms with Crippen LogP contribution in [-0.4, -0.2) is 12.1 Å². The van der Waals surface area contributed by atoms with E-state index in [0.717, 1.165) is 6.07 Å². The van der Waals surface area contributed by atoms with Crippen LogP contribution in [-0.2, 0) is 0 Å². The van der Waals surface area contributed by atoms with Crippen LogP contribution in [0.3, 0.4) is 0 Å². The largest absolute Gasteiger partial charge is 0.276 e. The van der Waals surface area contributed by atoms with Crippen molar-refractivity contribution < 1.29 is 13.2 Å². The van der Waals surface area contributed by atoms with Crippen molar-refractivity contribution in [1.29, 1.82) is 0 Å². The van der Waals surface area contributed by atoms with Crippen molar-refractivity contribution >= 4 is 11.4 Å². The molecule has 0 radical (unpaired) electrons. The van der Waals surface area contributed by atoms with Crippen LogP contribution in [0.1, 0.15) is 6.92 Å². The number of aliphatic imine (C=N–C) groups is 1. The van der Waals surface area contributed by atoms with Crippen molar-refractivity contribution in [2.75, 3.05) is 0 Å². The van der Waals surface area contributed by atoms with Gasteiger partial charge in [-0.05, 0) is 25.1 Å². The Bertz CT molecular complexity index is 320. The van der Waals surface area contributed by atoms with Crippen LogP contribution in [0.5, 0.6) is 0 Å². The molecule has 0 N–H and O–H groups in total. The normalized spacial score (nSPS) is 12.2. The number of benzene rings is 1. The molecule has 0 saturated carbocycles. The lowest BCUT2D eigenvalue weighted by Gasteiger charge is -1.98. The maximum Gasteiger partial charge on any atom is 0.276 e. The Labute approximate surface area is 73.9 Å². The van der Waals surface area contributed by atoms with E-state index >= 15 is 0 Å². The van der Waals surface area contributed by atoms with Crippen LogP contribution < -0.4 is 0 Å². The van der Waals surface area contributed by atoms with Gasteiger partial charge in [0.25, 0.3) is 6.43 Å². The first-order valence-corrected chi connectivity index (χ1v) is 3.68. The van der Waals surface area contributed by atoms with E-state index in [0.29, 0.717) is 0 Å². The van der Waals surface area contributed by atoms with E-state index in [1.807, 2.05) is 0 Å². The summed E-state index contributed by atoms with van der Waals surface area (Å²) in [5.74, 6) is -0.483. The molecule has 0 saturated heterocycles. The second-order valence-corrected chi connectivity index (χ2v) is 2.53. The second-order valence-electron chi connectivity index (χ2n) is 2.53. The van der Waals surface area contributed by atoms with E-state index in [9.17, 15) is 13.2 Å². The number of hydrogen-bond acceptors (Lipinski definition) is 1. The highest BCUT2D eigenvalue weighted by molar-refractivity contribution is 5.87. The molecule has 0 heterocycles. The van der Waals surface area contributed by atoms with Gasteiger partial charge < -0.3 is 0 Å². The third kappa shape index (κ3) is 2.89. The first-order valence-electron chi connectivity index (χ1n) is 3.68. The van der Waals surface area contributed by atoms with E-state index in [-0.39, 0.29) is 11.4 Å². The van der Waals surface area contributed by atoms with Gasteiger partial charge in [0.05, 0.1) is 11.4 Å². The Morgan fingerprint density at radius 3 is 2.62 bits per heavy atom. The standard InChI is InChI=1S/C9H8F3N/c1-6(9(11)12)13-8-4-2-3-7(10)5-8/h2-5,9H,1H3/b13-6+. The summed E-state index contributed by atoms with van der Waals surface area (Å²) in [6.07, 6.45) is -2.59. The van der Waals surface area contributed by atoms with Crippen molar-refractivity contribution in [2.45, 2.75) is 13.3 Å². The van der Waals surface area contributed by atoms with E-state index in [2.05, 4.69) is 4.99 Å². The van der Waals surface area contributed by atoms with Crippen molar-refractivity contribution in [2.24, 2.45) is 4.99 Å². The monoisotopic (exact) mass is 187 g/mol. The van der Waals surface area contributed by atoms with Gasteiger partial charge in [-0.15, -0.1) is 0 Å². The maximum absolute atomic E-state index is 12.6. The number of halogens is 3. The molecule has 0 spiro atoms. The quantitative estimate of drug-likeness (QED) is 0.630. The van der Waals surface area contributed by atoms with Gasteiger partial charge in [0, 0.05) is 0 Å². The fraction of sp³-hybridized carbons (Fsp3) is 0.222. The minimum absolute atomic E-state index is 0.206. The predicted octanol–water partition coefficient (Wildman–Crippen LogP) is 3.18. The molecule has 1 rings (SSSR count). The minimum atomic E-state index is -2.59. The van der Waals surface area contributed by atoms with Gasteiger partial charge in [-0.3, -0.25) is 4.99 Å². The van der Waals surface area contributed by atoms with Gasteiger partial charge in [-0.25, -0.2) is 13.2 Å². The zero-order valence-corrected chi connectivity index (χ0v) is 6.97. The minimum Gasteiger partial charge on any atom is -0.252 e. The molecule has 0 unspecified atom stereocenters. The summed E-state index contributed by atoms with van der Waals surface area (Å²) in [7, 11) is 0. The molecule has 1 aromatic carbocycles. The van der Waals surface area contributed by atoms with Crippen molar-refractivity contribution in [3.8, 4) is 0 Å². The predicted molar refractivity (Wildman–Crippen MR) is 45.2 cm³/mol. The summed E-state index contributed by atoms with van der Waals surface area (Å²) in [6, 6.07) is 5.23. The number of nitrogens with zero attached hydrogens (tertiary/aromatic N) is 1. The summed E-state index contributed by atoms with van der Waals surface area (Å²) in [6.45, 7) is 1.20. The van der Waals surface area contributed by atoms with Gasteiger partial charge >= 0.3 is 0 Å². The molecule has 0 aliphatic carbocycles. The molecule has 0 aliphatic heterocycles. The van der Waals surface area contributed by atoms with Crippen LogP contribution in [0.15, 0.2) is 29.3 Å². The first-order chi connectivity index (χ1) is 6.09. The summed E-state index contributed by atoms with van der Waals surface area (Å²) >= 11 is 0. The Balaban J connectivity index is 2.91. The third-order valence-corrected chi connectivity index (χ3v) is 1.43. The average molecular weight is 187 g/mol. The third-order valence-electron chi connectivity index (χ3n) is 1.43. The topological polar surface area (TPSA) is 12.4 Å². The highest BCUT2D eigenvalue weighted by atomic mass is 19.3. The molecule has 1 nitrogen and oxygen atoms in total. The molecule has 13 heavy (non-hydrogen) atoms. The lowest BCUT2D eigenvalue weighted by atomic mass is 10.3. The van der Waals surface area contributed by atoms with Crippen molar-refractivity contribution in [3.05, 3.63) is 30.1 Å². The Hall–Kier alpha value is -1.32. The highest BCUT2D eigenvalue weighted by Gasteiger charge is 2.06. The summed E-state index contributed by atoms with van der Waals surface area (Å²) < 4.78 is 36.5. The van der Waals surface area contributed by atoms with Gasteiger partial charge in [0.15, 0.2) is 0 Å². The molecule has 4 heteroatoms.